The number of aryl methyl sites for hydroxylation is 1. The minimum atomic E-state index is -0.689. The predicted molar refractivity (Wildman–Crippen MR) is 61.5 cm³/mol. The van der Waals surface area contributed by atoms with E-state index in [0.29, 0.717) is 6.42 Å². The lowest BCUT2D eigenvalue weighted by Gasteiger charge is -2.35. The third kappa shape index (κ3) is 2.21. The highest BCUT2D eigenvalue weighted by molar-refractivity contribution is 5.27. The Kier molecular flexibility index (Phi) is 2.81. The second-order valence-electron chi connectivity index (χ2n) is 4.75. The molecule has 1 aliphatic carbocycles. The van der Waals surface area contributed by atoms with Crippen molar-refractivity contribution in [1.82, 2.24) is 0 Å². The molecule has 1 fully saturated rings. The van der Waals surface area contributed by atoms with Gasteiger partial charge in [-0.2, -0.15) is 0 Å². The zero-order valence-electron chi connectivity index (χ0n) is 9.24. The minimum absolute atomic E-state index is 0.144. The maximum absolute atomic E-state index is 10.5. The molecule has 1 saturated carbocycles. The van der Waals surface area contributed by atoms with Crippen LogP contribution < -0.4 is 5.73 Å². The maximum atomic E-state index is 10.5. The lowest BCUT2D eigenvalue weighted by Crippen LogP contribution is -2.39. The molecule has 2 nitrogen and oxygen atoms in total. The summed E-state index contributed by atoms with van der Waals surface area (Å²) in [6.45, 7) is 2.06. The van der Waals surface area contributed by atoms with Crippen LogP contribution in [0.3, 0.4) is 0 Å². The molecule has 1 aromatic carbocycles. The van der Waals surface area contributed by atoms with Gasteiger partial charge in [-0.05, 0) is 38.2 Å². The summed E-state index contributed by atoms with van der Waals surface area (Å²) in [5.74, 6) is 0. The van der Waals surface area contributed by atoms with Crippen LogP contribution in [0.2, 0.25) is 0 Å². The Morgan fingerprint density at radius 2 is 2.00 bits per heavy atom. The van der Waals surface area contributed by atoms with Gasteiger partial charge in [-0.15, -0.1) is 0 Å². The molecule has 15 heavy (non-hydrogen) atoms. The molecule has 3 N–H and O–H groups in total. The van der Waals surface area contributed by atoms with Crippen molar-refractivity contribution < 1.29 is 5.11 Å². The van der Waals surface area contributed by atoms with Crippen LogP contribution in [0.4, 0.5) is 0 Å². The van der Waals surface area contributed by atoms with Crippen molar-refractivity contribution in [2.75, 3.05) is 0 Å². The van der Waals surface area contributed by atoms with E-state index in [2.05, 4.69) is 6.92 Å². The van der Waals surface area contributed by atoms with E-state index in [9.17, 15) is 5.11 Å². The van der Waals surface area contributed by atoms with E-state index in [1.807, 2.05) is 24.3 Å². The molecular weight excluding hydrogens is 186 g/mol. The van der Waals surface area contributed by atoms with Crippen LogP contribution in [0.15, 0.2) is 24.3 Å². The van der Waals surface area contributed by atoms with E-state index >= 15 is 0 Å². The number of rotatable bonds is 1. The molecule has 0 spiro atoms. The Morgan fingerprint density at radius 1 is 1.33 bits per heavy atom. The lowest BCUT2D eigenvalue weighted by atomic mass is 9.77. The summed E-state index contributed by atoms with van der Waals surface area (Å²) in [6.07, 6.45) is 3.58. The first-order chi connectivity index (χ1) is 7.10. The average molecular weight is 205 g/mol. The van der Waals surface area contributed by atoms with Crippen molar-refractivity contribution in [3.05, 3.63) is 35.4 Å². The largest absolute Gasteiger partial charge is 0.385 e. The molecule has 2 heteroatoms. The van der Waals surface area contributed by atoms with E-state index in [-0.39, 0.29) is 6.04 Å². The molecule has 0 aromatic heterocycles. The van der Waals surface area contributed by atoms with Crippen LogP contribution in [-0.4, -0.2) is 11.1 Å². The monoisotopic (exact) mass is 205 g/mol. The molecule has 0 aliphatic heterocycles. The van der Waals surface area contributed by atoms with Gasteiger partial charge in [0.25, 0.3) is 0 Å². The van der Waals surface area contributed by atoms with E-state index in [1.165, 1.54) is 5.56 Å². The number of benzene rings is 1. The fourth-order valence-corrected chi connectivity index (χ4v) is 2.42. The van der Waals surface area contributed by atoms with Crippen molar-refractivity contribution in [3.63, 3.8) is 0 Å². The van der Waals surface area contributed by atoms with Crippen LogP contribution in [-0.2, 0) is 5.60 Å². The highest BCUT2D eigenvalue weighted by atomic mass is 16.3. The number of aliphatic hydroxyl groups is 1. The molecule has 2 atom stereocenters. The third-order valence-corrected chi connectivity index (χ3v) is 3.35. The summed E-state index contributed by atoms with van der Waals surface area (Å²) in [4.78, 5) is 0. The molecule has 2 rings (SSSR count). The van der Waals surface area contributed by atoms with Crippen LogP contribution in [0.1, 0.15) is 36.8 Å². The fourth-order valence-electron chi connectivity index (χ4n) is 2.42. The quantitative estimate of drug-likeness (QED) is 0.737. The average Bonchev–Trinajstić information content (AvgIpc) is 2.18. The van der Waals surface area contributed by atoms with E-state index in [1.54, 1.807) is 0 Å². The Balaban J connectivity index is 2.24. The van der Waals surface area contributed by atoms with Gasteiger partial charge in [0.15, 0.2) is 0 Å². The zero-order chi connectivity index (χ0) is 10.9. The Bertz CT molecular complexity index is 333. The van der Waals surface area contributed by atoms with E-state index < -0.39 is 5.60 Å². The molecule has 0 heterocycles. The summed E-state index contributed by atoms with van der Waals surface area (Å²) in [5.41, 5.74) is 7.47. The Hall–Kier alpha value is -0.860. The van der Waals surface area contributed by atoms with Crippen molar-refractivity contribution in [2.24, 2.45) is 5.73 Å². The van der Waals surface area contributed by atoms with Gasteiger partial charge in [-0.25, -0.2) is 0 Å². The smallest absolute Gasteiger partial charge is 0.0911 e. The van der Waals surface area contributed by atoms with Gasteiger partial charge in [0.2, 0.25) is 0 Å². The first kappa shape index (κ1) is 10.7. The Morgan fingerprint density at radius 3 is 2.60 bits per heavy atom. The van der Waals surface area contributed by atoms with Gasteiger partial charge in [-0.3, -0.25) is 0 Å². The standard InChI is InChI=1S/C13H19NO/c1-10-4-6-11(7-5-10)13(15)8-2-3-12(14)9-13/h4-7,12,15H,2-3,8-9,14H2,1H3. The molecule has 0 radical (unpaired) electrons. The van der Waals surface area contributed by atoms with Crippen molar-refractivity contribution in [2.45, 2.75) is 44.2 Å². The van der Waals surface area contributed by atoms with Crippen molar-refractivity contribution >= 4 is 0 Å². The Labute approximate surface area is 91.1 Å². The zero-order valence-corrected chi connectivity index (χ0v) is 9.24. The number of hydrogen-bond donors (Lipinski definition) is 2. The second-order valence-corrected chi connectivity index (χ2v) is 4.75. The molecule has 1 aliphatic rings. The molecule has 0 bridgehead atoms. The van der Waals surface area contributed by atoms with Gasteiger partial charge in [-0.1, -0.05) is 29.8 Å². The van der Waals surface area contributed by atoms with Gasteiger partial charge < -0.3 is 10.8 Å². The van der Waals surface area contributed by atoms with Gasteiger partial charge in [0.1, 0.15) is 0 Å². The summed E-state index contributed by atoms with van der Waals surface area (Å²) in [7, 11) is 0. The van der Waals surface area contributed by atoms with Crippen LogP contribution in [0.5, 0.6) is 0 Å². The molecular formula is C13H19NO. The van der Waals surface area contributed by atoms with Crippen LogP contribution >= 0.6 is 0 Å². The first-order valence-electron chi connectivity index (χ1n) is 5.65. The van der Waals surface area contributed by atoms with E-state index in [0.717, 1.165) is 24.8 Å². The van der Waals surface area contributed by atoms with E-state index in [4.69, 9.17) is 5.73 Å². The topological polar surface area (TPSA) is 46.2 Å². The molecule has 0 amide bonds. The predicted octanol–water partition coefficient (Wildman–Crippen LogP) is 2.08. The molecule has 2 unspecified atom stereocenters. The van der Waals surface area contributed by atoms with Gasteiger partial charge in [0, 0.05) is 6.04 Å². The second kappa shape index (κ2) is 3.95. The molecule has 82 valence electrons. The summed E-state index contributed by atoms with van der Waals surface area (Å²) < 4.78 is 0. The van der Waals surface area contributed by atoms with Crippen molar-refractivity contribution in [3.8, 4) is 0 Å². The third-order valence-electron chi connectivity index (χ3n) is 3.35. The highest BCUT2D eigenvalue weighted by Gasteiger charge is 2.34. The first-order valence-corrected chi connectivity index (χ1v) is 5.65. The van der Waals surface area contributed by atoms with Crippen LogP contribution in [0.25, 0.3) is 0 Å². The normalized spacial score (nSPS) is 31.5. The number of nitrogens with two attached hydrogens (primary N) is 1. The maximum Gasteiger partial charge on any atom is 0.0911 e. The number of hydrogen-bond acceptors (Lipinski definition) is 2. The highest BCUT2D eigenvalue weighted by Crippen LogP contribution is 2.36. The van der Waals surface area contributed by atoms with Crippen molar-refractivity contribution in [1.29, 1.82) is 0 Å². The molecule has 0 saturated heterocycles. The van der Waals surface area contributed by atoms with Gasteiger partial charge >= 0.3 is 0 Å². The van der Waals surface area contributed by atoms with Crippen LogP contribution in [0, 0.1) is 6.92 Å². The molecule has 1 aromatic rings. The summed E-state index contributed by atoms with van der Waals surface area (Å²) in [5, 5.41) is 10.5. The summed E-state index contributed by atoms with van der Waals surface area (Å²) in [6, 6.07) is 8.28. The van der Waals surface area contributed by atoms with Gasteiger partial charge in [0.05, 0.1) is 5.60 Å². The fraction of sp³-hybridized carbons (Fsp3) is 0.538. The minimum Gasteiger partial charge on any atom is -0.385 e. The SMILES string of the molecule is Cc1ccc(C2(O)CCCC(N)C2)cc1. The summed E-state index contributed by atoms with van der Waals surface area (Å²) >= 11 is 0. The lowest BCUT2D eigenvalue weighted by molar-refractivity contribution is -0.00716.